The minimum atomic E-state index is -1.41. The summed E-state index contributed by atoms with van der Waals surface area (Å²) in [6.45, 7) is 11.5. The number of esters is 1. The molecule has 0 aliphatic heterocycles. The third-order valence-corrected chi connectivity index (χ3v) is 5.68. The van der Waals surface area contributed by atoms with E-state index < -0.39 is 28.1 Å². The number of carbonyl (C=O) groups excluding carboxylic acids is 1. The van der Waals surface area contributed by atoms with Crippen LogP contribution in [0.2, 0.25) is 0 Å². The van der Waals surface area contributed by atoms with Crippen molar-refractivity contribution in [1.82, 2.24) is 4.72 Å². The van der Waals surface area contributed by atoms with Crippen LogP contribution in [0.5, 0.6) is 0 Å². The number of nitrogens with one attached hydrogen (secondary N) is 1. The zero-order valence-electron chi connectivity index (χ0n) is 15.8. The predicted molar refractivity (Wildman–Crippen MR) is 108 cm³/mol. The quantitative estimate of drug-likeness (QED) is 0.451. The van der Waals surface area contributed by atoms with Gasteiger partial charge in [-0.1, -0.05) is 48.5 Å². The van der Waals surface area contributed by atoms with Crippen molar-refractivity contribution in [3.05, 3.63) is 60.7 Å². The molecule has 0 aromatic heterocycles. The first kappa shape index (κ1) is 20.5. The molecule has 4 nitrogen and oxygen atoms in total. The summed E-state index contributed by atoms with van der Waals surface area (Å²) >= 11 is -1.41. The van der Waals surface area contributed by atoms with Crippen LogP contribution >= 0.6 is 0 Å². The molecule has 0 aliphatic rings. The fourth-order valence-electron chi connectivity index (χ4n) is 2.67. The van der Waals surface area contributed by atoms with Crippen LogP contribution < -0.4 is 4.72 Å². The van der Waals surface area contributed by atoms with E-state index in [4.69, 9.17) is 4.74 Å². The molecule has 5 heteroatoms. The van der Waals surface area contributed by atoms with E-state index in [1.807, 2.05) is 63.2 Å². The molecular weight excluding hydrogens is 346 g/mol. The van der Waals surface area contributed by atoms with E-state index in [0.717, 1.165) is 16.3 Å². The molecule has 26 heavy (non-hydrogen) atoms. The van der Waals surface area contributed by atoms with Gasteiger partial charge in [0.05, 0.1) is 6.61 Å². The Kier molecular flexibility index (Phi) is 6.87. The Morgan fingerprint density at radius 2 is 1.92 bits per heavy atom. The van der Waals surface area contributed by atoms with E-state index in [1.54, 1.807) is 13.0 Å². The van der Waals surface area contributed by atoms with Crippen LogP contribution in [-0.4, -0.2) is 27.9 Å². The molecule has 0 bridgehead atoms. The maximum Gasteiger partial charge on any atom is 0.328 e. The molecule has 0 amide bonds. The van der Waals surface area contributed by atoms with Gasteiger partial charge in [-0.15, -0.1) is 11.3 Å². The summed E-state index contributed by atoms with van der Waals surface area (Å²) in [5, 5.41) is 2.20. The highest BCUT2D eigenvalue weighted by molar-refractivity contribution is 7.90. The van der Waals surface area contributed by atoms with Gasteiger partial charge in [0.1, 0.15) is 4.75 Å². The van der Waals surface area contributed by atoms with E-state index in [9.17, 15) is 9.35 Å². The van der Waals surface area contributed by atoms with Gasteiger partial charge in [-0.2, -0.15) is 0 Å². The van der Waals surface area contributed by atoms with Crippen molar-refractivity contribution in [2.24, 2.45) is 0 Å². The molecule has 3 atom stereocenters. The average Bonchev–Trinajstić information content (AvgIpc) is 2.60. The minimum Gasteiger partial charge on any atom is -0.598 e. The molecule has 0 saturated heterocycles. The maximum atomic E-state index is 12.6. The molecule has 0 fully saturated rings. The first-order valence-electron chi connectivity index (χ1n) is 8.74. The second-order valence-electron chi connectivity index (χ2n) is 7.10. The third kappa shape index (κ3) is 4.87. The summed E-state index contributed by atoms with van der Waals surface area (Å²) in [4.78, 5) is 12.6. The Balaban J connectivity index is 2.40. The van der Waals surface area contributed by atoms with Crippen molar-refractivity contribution in [2.75, 3.05) is 6.61 Å². The van der Waals surface area contributed by atoms with Gasteiger partial charge in [0.15, 0.2) is 6.04 Å². The fourth-order valence-corrected chi connectivity index (χ4v) is 3.50. The van der Waals surface area contributed by atoms with Gasteiger partial charge in [0, 0.05) is 17.3 Å². The number of benzene rings is 2. The largest absolute Gasteiger partial charge is 0.598 e. The van der Waals surface area contributed by atoms with Crippen molar-refractivity contribution in [1.29, 1.82) is 0 Å². The van der Waals surface area contributed by atoms with Crippen LogP contribution in [-0.2, 0) is 20.9 Å². The molecule has 2 aromatic carbocycles. The number of hydrogen-bond donors (Lipinski definition) is 1. The van der Waals surface area contributed by atoms with Crippen molar-refractivity contribution in [3.8, 4) is 0 Å². The van der Waals surface area contributed by atoms with Gasteiger partial charge in [0.2, 0.25) is 0 Å². The topological polar surface area (TPSA) is 61.4 Å². The van der Waals surface area contributed by atoms with E-state index in [0.29, 0.717) is 0 Å². The zero-order valence-corrected chi connectivity index (χ0v) is 16.6. The summed E-state index contributed by atoms with van der Waals surface area (Å²) in [7, 11) is 0. The Labute approximate surface area is 158 Å². The Hall–Kier alpha value is -1.82. The van der Waals surface area contributed by atoms with Crippen molar-refractivity contribution in [2.45, 2.75) is 44.4 Å². The van der Waals surface area contributed by atoms with Crippen molar-refractivity contribution < 1.29 is 14.1 Å². The second-order valence-corrected chi connectivity index (χ2v) is 9.09. The lowest BCUT2D eigenvalue weighted by atomic mass is 9.90. The molecule has 0 spiro atoms. The number of ether oxygens (including phenoxy) is 1. The van der Waals surface area contributed by atoms with Crippen LogP contribution in [0.25, 0.3) is 10.8 Å². The van der Waals surface area contributed by atoms with Crippen molar-refractivity contribution >= 4 is 28.1 Å². The Bertz CT molecular complexity index is 769. The molecule has 0 aliphatic carbocycles. The van der Waals surface area contributed by atoms with Crippen molar-refractivity contribution in [3.63, 3.8) is 0 Å². The zero-order chi connectivity index (χ0) is 19.3. The molecule has 0 heterocycles. The number of rotatable bonds is 7. The number of carbonyl (C=O) groups is 1. The monoisotopic (exact) mass is 373 g/mol. The third-order valence-electron chi connectivity index (χ3n) is 4.10. The lowest BCUT2D eigenvalue weighted by Crippen LogP contribution is -2.50. The van der Waals surface area contributed by atoms with Gasteiger partial charge < -0.3 is 9.29 Å². The highest BCUT2D eigenvalue weighted by Gasteiger charge is 2.37. The SMILES string of the molecule is C=C[C@@H](c1ccc2ccccc2c1)[C@H](N[S+]([O-])C(C)(C)C)C(=O)OCC. The number of fused-ring (bicyclic) bond motifs is 1. The lowest BCUT2D eigenvalue weighted by molar-refractivity contribution is -0.145. The highest BCUT2D eigenvalue weighted by atomic mass is 32.2. The average molecular weight is 374 g/mol. The molecule has 0 radical (unpaired) electrons. The van der Waals surface area contributed by atoms with Crippen LogP contribution in [0.3, 0.4) is 0 Å². The van der Waals surface area contributed by atoms with Gasteiger partial charge in [-0.25, -0.2) is 0 Å². The summed E-state index contributed by atoms with van der Waals surface area (Å²) in [5.74, 6) is -0.784. The summed E-state index contributed by atoms with van der Waals surface area (Å²) in [6, 6.07) is 13.3. The maximum absolute atomic E-state index is 12.6. The van der Waals surface area contributed by atoms with E-state index >= 15 is 0 Å². The van der Waals surface area contributed by atoms with Crippen LogP contribution in [0.4, 0.5) is 0 Å². The highest BCUT2D eigenvalue weighted by Crippen LogP contribution is 2.27. The normalized spacial score (nSPS) is 15.3. The van der Waals surface area contributed by atoms with Crippen LogP contribution in [0.15, 0.2) is 55.1 Å². The molecule has 1 unspecified atom stereocenters. The van der Waals surface area contributed by atoms with Gasteiger partial charge >= 0.3 is 5.97 Å². The number of hydrogen-bond acceptors (Lipinski definition) is 4. The summed E-state index contributed by atoms with van der Waals surface area (Å²) < 4.78 is 20.3. The fraction of sp³-hybridized carbons (Fsp3) is 0.381. The molecule has 1 N–H and O–H groups in total. The standard InChI is InChI=1S/C21H27NO3S/c1-6-18(17-13-12-15-10-8-9-11-16(15)14-17)19(20(23)25-7-2)22-26(24)21(3,4)5/h6,8-14,18-19,22H,1,7H2,2-5H3/t18-,19-,26?/m0/s1. The van der Waals surface area contributed by atoms with Gasteiger partial charge in [-0.05, 0) is 44.0 Å². The molecule has 2 aromatic rings. The van der Waals surface area contributed by atoms with Crippen LogP contribution in [0.1, 0.15) is 39.2 Å². The summed E-state index contributed by atoms with van der Waals surface area (Å²) in [6.07, 6.45) is 1.71. The second kappa shape index (κ2) is 8.71. The van der Waals surface area contributed by atoms with Gasteiger partial charge in [-0.3, -0.25) is 4.79 Å². The van der Waals surface area contributed by atoms with E-state index in [1.165, 1.54) is 0 Å². The van der Waals surface area contributed by atoms with Crippen LogP contribution in [0, 0.1) is 0 Å². The van der Waals surface area contributed by atoms with E-state index in [2.05, 4.69) is 11.3 Å². The van der Waals surface area contributed by atoms with Gasteiger partial charge in [0.25, 0.3) is 0 Å². The Morgan fingerprint density at radius 1 is 1.27 bits per heavy atom. The first-order chi connectivity index (χ1) is 12.3. The first-order valence-corrected chi connectivity index (χ1v) is 9.89. The smallest absolute Gasteiger partial charge is 0.328 e. The lowest BCUT2D eigenvalue weighted by Gasteiger charge is -2.30. The van der Waals surface area contributed by atoms with E-state index in [-0.39, 0.29) is 12.5 Å². The summed E-state index contributed by atoms with van der Waals surface area (Å²) in [5.41, 5.74) is 0.926. The predicted octanol–water partition coefficient (Wildman–Crippen LogP) is 4.09. The molecular formula is C21H27NO3S. The molecule has 2 rings (SSSR count). The molecule has 0 saturated carbocycles. The minimum absolute atomic E-state index is 0.265. The Morgan fingerprint density at radius 3 is 2.50 bits per heavy atom. The molecule has 140 valence electrons.